The molecular weight excluding hydrogens is 278 g/mol. The molecule has 1 saturated heterocycles. The second kappa shape index (κ2) is 6.43. The lowest BCUT2D eigenvalue weighted by molar-refractivity contribution is -0.291. The van der Waals surface area contributed by atoms with Gasteiger partial charge in [0.05, 0.1) is 18.8 Å². The Kier molecular flexibility index (Phi) is 5.22. The standard InChI is InChI=1S/C13H27N3O5/c1-13(19)5-20-12(9(18)11(13)16-2)21-10-7(15)3-6(14)4-8(10)17/h6-12,16-19H,3-5,14-15H2,1-2H3/t6-,7+,8-,9+,10-,11+,12+,13-/m0/s1. The molecule has 1 aliphatic heterocycles. The van der Waals surface area contributed by atoms with Crippen LogP contribution in [0, 0.1) is 0 Å². The first-order chi connectivity index (χ1) is 9.76. The van der Waals surface area contributed by atoms with E-state index in [0.29, 0.717) is 12.8 Å². The zero-order valence-electron chi connectivity index (χ0n) is 12.5. The molecule has 21 heavy (non-hydrogen) atoms. The van der Waals surface area contributed by atoms with Crippen molar-refractivity contribution in [1.29, 1.82) is 0 Å². The second-order valence-electron chi connectivity index (χ2n) is 6.36. The van der Waals surface area contributed by atoms with E-state index >= 15 is 0 Å². The third-order valence-electron chi connectivity index (χ3n) is 4.35. The molecule has 8 heteroatoms. The number of likely N-dealkylation sites (N-methyl/N-ethyl adjacent to an activating group) is 1. The number of rotatable bonds is 3. The van der Waals surface area contributed by atoms with Crippen LogP contribution in [0.15, 0.2) is 0 Å². The summed E-state index contributed by atoms with van der Waals surface area (Å²) in [4.78, 5) is 0. The highest BCUT2D eigenvalue weighted by molar-refractivity contribution is 4.98. The van der Waals surface area contributed by atoms with Crippen LogP contribution < -0.4 is 16.8 Å². The van der Waals surface area contributed by atoms with Crippen LogP contribution in [-0.2, 0) is 9.47 Å². The van der Waals surface area contributed by atoms with Crippen LogP contribution in [-0.4, -0.2) is 77.3 Å². The molecule has 0 unspecified atom stereocenters. The number of hydrogen-bond donors (Lipinski definition) is 6. The summed E-state index contributed by atoms with van der Waals surface area (Å²) in [6.45, 7) is 1.59. The summed E-state index contributed by atoms with van der Waals surface area (Å²) in [6.07, 6.45) is -2.54. The highest BCUT2D eigenvalue weighted by Gasteiger charge is 2.48. The molecule has 2 fully saturated rings. The maximum Gasteiger partial charge on any atom is 0.185 e. The Bertz CT molecular complexity index is 345. The second-order valence-corrected chi connectivity index (χ2v) is 6.36. The van der Waals surface area contributed by atoms with Gasteiger partial charge in [-0.3, -0.25) is 0 Å². The fraction of sp³-hybridized carbons (Fsp3) is 1.00. The molecule has 1 saturated carbocycles. The Morgan fingerprint density at radius 1 is 1.29 bits per heavy atom. The van der Waals surface area contributed by atoms with Gasteiger partial charge in [0.25, 0.3) is 0 Å². The van der Waals surface area contributed by atoms with E-state index in [1.54, 1.807) is 14.0 Å². The van der Waals surface area contributed by atoms with Gasteiger partial charge < -0.3 is 41.6 Å². The topological polar surface area (TPSA) is 143 Å². The minimum absolute atomic E-state index is 0.0117. The third kappa shape index (κ3) is 3.54. The average Bonchev–Trinajstić information content (AvgIpc) is 2.36. The molecule has 0 amide bonds. The minimum atomic E-state index is -1.20. The summed E-state index contributed by atoms with van der Waals surface area (Å²) < 4.78 is 11.1. The van der Waals surface area contributed by atoms with E-state index in [1.165, 1.54) is 0 Å². The lowest BCUT2D eigenvalue weighted by atomic mass is 9.86. The van der Waals surface area contributed by atoms with Gasteiger partial charge in [0, 0.05) is 12.1 Å². The van der Waals surface area contributed by atoms with Crippen LogP contribution in [0.4, 0.5) is 0 Å². The molecular formula is C13H27N3O5. The minimum Gasteiger partial charge on any atom is -0.390 e. The SMILES string of the molecule is CN[C@@H]1[C@@H](O)[C@@H](O[C@H]2[C@H](N)C[C@H](N)C[C@@H]2O)OC[C@]1(C)O. The van der Waals surface area contributed by atoms with Crippen molar-refractivity contribution in [2.75, 3.05) is 13.7 Å². The monoisotopic (exact) mass is 305 g/mol. The molecule has 0 aromatic heterocycles. The Morgan fingerprint density at radius 3 is 2.52 bits per heavy atom. The normalized spacial score (nSPS) is 51.9. The van der Waals surface area contributed by atoms with Crippen molar-refractivity contribution in [1.82, 2.24) is 5.32 Å². The molecule has 8 nitrogen and oxygen atoms in total. The summed E-state index contributed by atoms with van der Waals surface area (Å²) in [6, 6.07) is -1.18. The van der Waals surface area contributed by atoms with Gasteiger partial charge >= 0.3 is 0 Å². The largest absolute Gasteiger partial charge is 0.390 e. The van der Waals surface area contributed by atoms with Crippen LogP contribution in [0.25, 0.3) is 0 Å². The predicted molar refractivity (Wildman–Crippen MR) is 75.3 cm³/mol. The van der Waals surface area contributed by atoms with Crippen LogP contribution >= 0.6 is 0 Å². The smallest absolute Gasteiger partial charge is 0.185 e. The molecule has 0 aromatic rings. The zero-order chi connectivity index (χ0) is 15.8. The number of nitrogens with two attached hydrogens (primary N) is 2. The van der Waals surface area contributed by atoms with Crippen molar-refractivity contribution < 1.29 is 24.8 Å². The number of ether oxygens (including phenoxy) is 2. The van der Waals surface area contributed by atoms with Gasteiger partial charge in [-0.2, -0.15) is 0 Å². The molecule has 2 aliphatic rings. The van der Waals surface area contributed by atoms with Gasteiger partial charge in [0.2, 0.25) is 0 Å². The maximum atomic E-state index is 10.3. The fourth-order valence-corrected chi connectivity index (χ4v) is 3.22. The quantitative estimate of drug-likeness (QED) is 0.329. The Balaban J connectivity index is 2.02. The van der Waals surface area contributed by atoms with Crippen LogP contribution in [0.1, 0.15) is 19.8 Å². The molecule has 0 radical (unpaired) electrons. The third-order valence-corrected chi connectivity index (χ3v) is 4.35. The van der Waals surface area contributed by atoms with Gasteiger partial charge in [-0.05, 0) is 26.8 Å². The van der Waals surface area contributed by atoms with Crippen molar-refractivity contribution in [2.24, 2.45) is 11.5 Å². The van der Waals surface area contributed by atoms with Crippen molar-refractivity contribution >= 4 is 0 Å². The number of nitrogens with one attached hydrogen (secondary N) is 1. The molecule has 1 heterocycles. The number of aliphatic hydroxyl groups excluding tert-OH is 2. The van der Waals surface area contributed by atoms with E-state index in [2.05, 4.69) is 5.32 Å². The van der Waals surface area contributed by atoms with Gasteiger partial charge in [0.1, 0.15) is 17.8 Å². The van der Waals surface area contributed by atoms with Crippen LogP contribution in [0.5, 0.6) is 0 Å². The average molecular weight is 305 g/mol. The molecule has 2 rings (SSSR count). The first kappa shape index (κ1) is 17.0. The van der Waals surface area contributed by atoms with E-state index in [-0.39, 0.29) is 12.6 Å². The van der Waals surface area contributed by atoms with E-state index in [4.69, 9.17) is 20.9 Å². The van der Waals surface area contributed by atoms with Gasteiger partial charge in [0.15, 0.2) is 6.29 Å². The molecule has 0 aromatic carbocycles. The first-order valence-electron chi connectivity index (χ1n) is 7.30. The Morgan fingerprint density at radius 2 is 1.95 bits per heavy atom. The maximum absolute atomic E-state index is 10.3. The Labute approximate surface area is 124 Å². The summed E-state index contributed by atoms with van der Waals surface area (Å²) in [5.41, 5.74) is 10.6. The first-order valence-corrected chi connectivity index (χ1v) is 7.30. The molecule has 8 atom stereocenters. The summed E-state index contributed by atoms with van der Waals surface area (Å²) in [7, 11) is 1.64. The number of aliphatic hydroxyl groups is 3. The zero-order valence-corrected chi connectivity index (χ0v) is 12.5. The molecule has 0 spiro atoms. The highest BCUT2D eigenvalue weighted by Crippen LogP contribution is 2.28. The van der Waals surface area contributed by atoms with Gasteiger partial charge in [-0.25, -0.2) is 0 Å². The van der Waals surface area contributed by atoms with E-state index in [1.807, 2.05) is 0 Å². The lowest BCUT2D eigenvalue weighted by Crippen LogP contribution is -2.66. The van der Waals surface area contributed by atoms with Crippen molar-refractivity contribution in [3.05, 3.63) is 0 Å². The molecule has 8 N–H and O–H groups in total. The van der Waals surface area contributed by atoms with Crippen molar-refractivity contribution in [2.45, 2.75) is 68.1 Å². The van der Waals surface area contributed by atoms with Gasteiger partial charge in [-0.1, -0.05) is 0 Å². The van der Waals surface area contributed by atoms with E-state index < -0.39 is 42.3 Å². The lowest BCUT2D eigenvalue weighted by Gasteiger charge is -2.46. The Hall–Kier alpha value is -0.320. The van der Waals surface area contributed by atoms with Gasteiger partial charge in [-0.15, -0.1) is 0 Å². The van der Waals surface area contributed by atoms with E-state index in [9.17, 15) is 15.3 Å². The van der Waals surface area contributed by atoms with E-state index in [0.717, 1.165) is 0 Å². The van der Waals surface area contributed by atoms with Crippen LogP contribution in [0.3, 0.4) is 0 Å². The summed E-state index contributed by atoms with van der Waals surface area (Å²) in [5.74, 6) is 0. The highest BCUT2D eigenvalue weighted by atomic mass is 16.7. The van der Waals surface area contributed by atoms with Crippen molar-refractivity contribution in [3.63, 3.8) is 0 Å². The molecule has 1 aliphatic carbocycles. The molecule has 0 bridgehead atoms. The predicted octanol–water partition coefficient (Wildman–Crippen LogP) is -2.76. The fourth-order valence-electron chi connectivity index (χ4n) is 3.22. The van der Waals surface area contributed by atoms with Crippen molar-refractivity contribution in [3.8, 4) is 0 Å². The number of hydrogen-bond acceptors (Lipinski definition) is 8. The molecule has 124 valence electrons. The van der Waals surface area contributed by atoms with Crippen LogP contribution in [0.2, 0.25) is 0 Å². The summed E-state index contributed by atoms with van der Waals surface area (Å²) in [5, 5.41) is 33.4. The summed E-state index contributed by atoms with van der Waals surface area (Å²) >= 11 is 0.